The zero-order chi connectivity index (χ0) is 18.8. The quantitative estimate of drug-likeness (QED) is 0.621. The third-order valence-corrected chi connectivity index (χ3v) is 5.59. The van der Waals surface area contributed by atoms with Crippen molar-refractivity contribution in [3.8, 4) is 0 Å². The lowest BCUT2D eigenvalue weighted by Gasteiger charge is -2.19. The summed E-state index contributed by atoms with van der Waals surface area (Å²) >= 11 is 0. The summed E-state index contributed by atoms with van der Waals surface area (Å²) < 4.78 is 0. The number of hydrogen-bond donors (Lipinski definition) is 4. The average molecular weight is 369 g/mol. The highest BCUT2D eigenvalue weighted by molar-refractivity contribution is 5.82. The highest BCUT2D eigenvalue weighted by atomic mass is 16.1. The predicted molar refractivity (Wildman–Crippen MR) is 104 cm³/mol. The van der Waals surface area contributed by atoms with E-state index >= 15 is 0 Å². The molecule has 2 aromatic heterocycles. The Morgan fingerprint density at radius 2 is 2.04 bits per heavy atom. The fourth-order valence-corrected chi connectivity index (χ4v) is 4.01. The number of aromatic amines is 1. The summed E-state index contributed by atoms with van der Waals surface area (Å²) in [5.41, 5.74) is 8.70. The van der Waals surface area contributed by atoms with E-state index in [-0.39, 0.29) is 0 Å². The Balaban J connectivity index is 1.55. The number of amides is 1. The molecule has 0 saturated heterocycles. The van der Waals surface area contributed by atoms with Crippen LogP contribution in [0.3, 0.4) is 0 Å². The summed E-state index contributed by atoms with van der Waals surface area (Å²) in [6, 6.07) is 1.57. The first kappa shape index (κ1) is 17.8. The molecule has 2 heterocycles. The molecular formula is C19H27N7O. The van der Waals surface area contributed by atoms with E-state index in [0.29, 0.717) is 11.9 Å². The second kappa shape index (κ2) is 7.54. The fraction of sp³-hybridized carbons (Fsp3) is 0.579. The lowest BCUT2D eigenvalue weighted by molar-refractivity contribution is -0.118. The summed E-state index contributed by atoms with van der Waals surface area (Å²) in [5, 5.41) is 14.0. The topological polar surface area (TPSA) is 122 Å². The fourth-order valence-electron chi connectivity index (χ4n) is 4.01. The molecule has 5 N–H and O–H groups in total. The first-order valence-corrected chi connectivity index (χ1v) is 9.88. The standard InChI is InChI=1S/C19H27N7O/c1-11(17(20)27)21-19-22-14-9-5-8-13(14)18(24-19)23-16-10-15(25-26-16)12-6-3-2-4-7-12/h10-12H,2-9H2,1H3,(H2,20,27)(H3,21,22,23,24,25,26). The lowest BCUT2D eigenvalue weighted by Crippen LogP contribution is -2.33. The van der Waals surface area contributed by atoms with Crippen LogP contribution in [0.1, 0.15) is 68.3 Å². The van der Waals surface area contributed by atoms with Crippen molar-refractivity contribution in [2.75, 3.05) is 10.6 Å². The number of aromatic nitrogens is 4. The summed E-state index contributed by atoms with van der Waals surface area (Å²) in [5.74, 6) is 2.10. The smallest absolute Gasteiger partial charge is 0.239 e. The van der Waals surface area contributed by atoms with E-state index in [1.807, 2.05) is 0 Å². The molecule has 0 aliphatic heterocycles. The third kappa shape index (κ3) is 3.89. The number of hydrogen-bond acceptors (Lipinski definition) is 6. The van der Waals surface area contributed by atoms with Gasteiger partial charge in [-0.05, 0) is 39.0 Å². The van der Waals surface area contributed by atoms with Crippen molar-refractivity contribution in [2.45, 2.75) is 70.3 Å². The zero-order valence-corrected chi connectivity index (χ0v) is 15.7. The molecule has 4 rings (SSSR count). The number of carbonyl (C=O) groups excluding carboxylic acids is 1. The number of primary amides is 1. The molecule has 144 valence electrons. The van der Waals surface area contributed by atoms with Gasteiger partial charge in [0.2, 0.25) is 11.9 Å². The van der Waals surface area contributed by atoms with Crippen molar-refractivity contribution in [3.63, 3.8) is 0 Å². The van der Waals surface area contributed by atoms with Crippen LogP contribution in [0.2, 0.25) is 0 Å². The molecule has 8 heteroatoms. The molecule has 1 atom stereocenters. The van der Waals surface area contributed by atoms with Crippen LogP contribution in [-0.2, 0) is 17.6 Å². The minimum absolute atomic E-state index is 0.424. The molecule has 0 aromatic carbocycles. The lowest BCUT2D eigenvalue weighted by atomic mass is 9.87. The van der Waals surface area contributed by atoms with Gasteiger partial charge in [-0.3, -0.25) is 9.89 Å². The molecule has 0 radical (unpaired) electrons. The Labute approximate surface area is 158 Å². The van der Waals surface area contributed by atoms with Gasteiger partial charge < -0.3 is 16.4 Å². The summed E-state index contributed by atoms with van der Waals surface area (Å²) in [4.78, 5) is 20.5. The SMILES string of the molecule is CC(Nc1nc2c(c(Nc3cc(C4CCCCC4)[nH]n3)n1)CCC2)C(N)=O. The maximum absolute atomic E-state index is 11.3. The first-order chi connectivity index (χ1) is 13.1. The molecular weight excluding hydrogens is 342 g/mol. The Hall–Kier alpha value is -2.64. The molecule has 8 nitrogen and oxygen atoms in total. The highest BCUT2D eigenvalue weighted by Gasteiger charge is 2.22. The number of nitrogens with two attached hydrogens (primary N) is 1. The number of carbonyl (C=O) groups is 1. The molecule has 0 spiro atoms. The van der Waals surface area contributed by atoms with E-state index in [4.69, 9.17) is 5.73 Å². The predicted octanol–water partition coefficient (Wildman–Crippen LogP) is 2.77. The van der Waals surface area contributed by atoms with Gasteiger partial charge in [0.25, 0.3) is 0 Å². The molecule has 2 aliphatic carbocycles. The average Bonchev–Trinajstić information content (AvgIpc) is 3.32. The molecule has 2 aromatic rings. The Kier molecular flexibility index (Phi) is 4.96. The summed E-state index contributed by atoms with van der Waals surface area (Å²) in [6.07, 6.45) is 9.29. The van der Waals surface area contributed by atoms with Crippen LogP contribution >= 0.6 is 0 Å². The molecule has 1 saturated carbocycles. The minimum atomic E-state index is -0.527. The van der Waals surface area contributed by atoms with Gasteiger partial charge in [-0.2, -0.15) is 10.1 Å². The number of anilines is 3. The van der Waals surface area contributed by atoms with Crippen LogP contribution in [-0.4, -0.2) is 32.1 Å². The van der Waals surface area contributed by atoms with Crippen molar-refractivity contribution in [1.82, 2.24) is 20.2 Å². The van der Waals surface area contributed by atoms with Crippen molar-refractivity contribution in [1.29, 1.82) is 0 Å². The largest absolute Gasteiger partial charge is 0.368 e. The van der Waals surface area contributed by atoms with E-state index in [2.05, 4.69) is 36.9 Å². The number of fused-ring (bicyclic) bond motifs is 1. The van der Waals surface area contributed by atoms with Gasteiger partial charge in [0.1, 0.15) is 11.9 Å². The van der Waals surface area contributed by atoms with E-state index in [1.165, 1.54) is 37.8 Å². The molecule has 0 bridgehead atoms. The Morgan fingerprint density at radius 1 is 1.22 bits per heavy atom. The maximum Gasteiger partial charge on any atom is 0.239 e. The second-order valence-corrected chi connectivity index (χ2v) is 7.61. The number of nitrogens with one attached hydrogen (secondary N) is 3. The monoisotopic (exact) mass is 369 g/mol. The maximum atomic E-state index is 11.3. The van der Waals surface area contributed by atoms with Crippen molar-refractivity contribution >= 4 is 23.5 Å². The van der Waals surface area contributed by atoms with E-state index < -0.39 is 11.9 Å². The van der Waals surface area contributed by atoms with Crippen LogP contribution in [0.15, 0.2) is 6.07 Å². The van der Waals surface area contributed by atoms with Crippen LogP contribution < -0.4 is 16.4 Å². The minimum Gasteiger partial charge on any atom is -0.368 e. The molecule has 1 amide bonds. The van der Waals surface area contributed by atoms with Crippen molar-refractivity contribution in [3.05, 3.63) is 23.0 Å². The van der Waals surface area contributed by atoms with Gasteiger partial charge in [0, 0.05) is 23.2 Å². The zero-order valence-electron chi connectivity index (χ0n) is 15.7. The van der Waals surface area contributed by atoms with Gasteiger partial charge in [-0.15, -0.1) is 0 Å². The number of rotatable bonds is 6. The molecule has 1 unspecified atom stereocenters. The number of nitrogens with zero attached hydrogens (tertiary/aromatic N) is 3. The molecule has 2 aliphatic rings. The summed E-state index contributed by atoms with van der Waals surface area (Å²) in [6.45, 7) is 1.70. The molecule has 1 fully saturated rings. The van der Waals surface area contributed by atoms with Crippen LogP contribution in [0.25, 0.3) is 0 Å². The van der Waals surface area contributed by atoms with Crippen molar-refractivity contribution in [2.24, 2.45) is 5.73 Å². The number of aryl methyl sites for hydroxylation is 1. The van der Waals surface area contributed by atoms with Gasteiger partial charge >= 0.3 is 0 Å². The highest BCUT2D eigenvalue weighted by Crippen LogP contribution is 2.34. The van der Waals surface area contributed by atoms with E-state index in [1.54, 1.807) is 6.92 Å². The first-order valence-electron chi connectivity index (χ1n) is 9.88. The Morgan fingerprint density at radius 3 is 2.81 bits per heavy atom. The van der Waals surface area contributed by atoms with E-state index in [0.717, 1.165) is 42.2 Å². The number of H-pyrrole nitrogens is 1. The third-order valence-electron chi connectivity index (χ3n) is 5.59. The van der Waals surface area contributed by atoms with Gasteiger partial charge in [0.15, 0.2) is 5.82 Å². The van der Waals surface area contributed by atoms with Crippen molar-refractivity contribution < 1.29 is 4.79 Å². The van der Waals surface area contributed by atoms with Crippen LogP contribution in [0.4, 0.5) is 17.6 Å². The normalized spacial score (nSPS) is 18.1. The molecule has 27 heavy (non-hydrogen) atoms. The van der Waals surface area contributed by atoms with Crippen LogP contribution in [0, 0.1) is 0 Å². The second-order valence-electron chi connectivity index (χ2n) is 7.61. The van der Waals surface area contributed by atoms with Crippen LogP contribution in [0.5, 0.6) is 0 Å². The Bertz CT molecular complexity index is 825. The van der Waals surface area contributed by atoms with Gasteiger partial charge in [-0.25, -0.2) is 4.98 Å². The summed E-state index contributed by atoms with van der Waals surface area (Å²) in [7, 11) is 0. The van der Waals surface area contributed by atoms with Gasteiger partial charge in [-0.1, -0.05) is 19.3 Å². The van der Waals surface area contributed by atoms with E-state index in [9.17, 15) is 4.79 Å². The van der Waals surface area contributed by atoms with Gasteiger partial charge in [0.05, 0.1) is 5.69 Å².